The maximum absolute atomic E-state index is 8.75. The van der Waals surface area contributed by atoms with Crippen LogP contribution in [-0.4, -0.2) is 34.8 Å². The largest absolute Gasteiger partial charge is 0.396 e. The first-order valence-corrected chi connectivity index (χ1v) is 7.14. The van der Waals surface area contributed by atoms with Gasteiger partial charge in [-0.05, 0) is 32.1 Å². The van der Waals surface area contributed by atoms with Crippen LogP contribution < -0.4 is 10.6 Å². The molecule has 19 heavy (non-hydrogen) atoms. The minimum atomic E-state index is 0.273. The molecule has 0 fully saturated rings. The molecular formula is C14H26N4O. The Hall–Kier alpha value is -1.36. The number of anilines is 2. The molecule has 0 unspecified atom stereocenters. The summed E-state index contributed by atoms with van der Waals surface area (Å²) in [4.78, 5) is 8.66. The van der Waals surface area contributed by atoms with Gasteiger partial charge in [-0.1, -0.05) is 13.8 Å². The Balaban J connectivity index is 2.68. The van der Waals surface area contributed by atoms with Crippen LogP contribution >= 0.6 is 0 Å². The molecule has 0 bridgehead atoms. The number of rotatable bonds is 9. The quantitative estimate of drug-likeness (QED) is 0.599. The number of nitrogens with one attached hydrogen (secondary N) is 2. The summed E-state index contributed by atoms with van der Waals surface area (Å²) in [6.45, 7) is 8.37. The van der Waals surface area contributed by atoms with Crippen molar-refractivity contribution in [2.45, 2.75) is 46.0 Å². The van der Waals surface area contributed by atoms with Crippen molar-refractivity contribution in [1.29, 1.82) is 0 Å². The number of nitrogens with zero attached hydrogens (tertiary/aromatic N) is 2. The van der Waals surface area contributed by atoms with Gasteiger partial charge in [0.2, 0.25) is 0 Å². The van der Waals surface area contributed by atoms with E-state index in [0.717, 1.165) is 49.6 Å². The fourth-order valence-corrected chi connectivity index (χ4v) is 2.01. The molecule has 0 saturated heterocycles. The van der Waals surface area contributed by atoms with E-state index in [4.69, 9.17) is 5.11 Å². The van der Waals surface area contributed by atoms with Crippen molar-refractivity contribution in [3.05, 3.63) is 11.9 Å². The van der Waals surface area contributed by atoms with Crippen molar-refractivity contribution in [3.63, 3.8) is 0 Å². The lowest BCUT2D eigenvalue weighted by Gasteiger charge is -2.17. The summed E-state index contributed by atoms with van der Waals surface area (Å²) in [6.07, 6.45) is 4.54. The molecule has 5 heteroatoms. The topological polar surface area (TPSA) is 70.1 Å². The first-order chi connectivity index (χ1) is 9.20. The molecule has 0 saturated carbocycles. The van der Waals surface area contributed by atoms with Crippen LogP contribution in [0.4, 0.5) is 11.6 Å². The number of aliphatic hydroxyl groups excluding tert-OH is 1. The van der Waals surface area contributed by atoms with E-state index in [1.54, 1.807) is 6.33 Å². The minimum absolute atomic E-state index is 0.273. The molecule has 3 N–H and O–H groups in total. The smallest absolute Gasteiger partial charge is 0.134 e. The molecule has 1 aromatic heterocycles. The third-order valence-electron chi connectivity index (χ3n) is 2.93. The lowest BCUT2D eigenvalue weighted by Crippen LogP contribution is -2.12. The van der Waals surface area contributed by atoms with Gasteiger partial charge in [0, 0.05) is 25.3 Å². The molecule has 0 aromatic carbocycles. The van der Waals surface area contributed by atoms with Gasteiger partial charge in [0.25, 0.3) is 0 Å². The highest BCUT2D eigenvalue weighted by molar-refractivity contribution is 5.58. The predicted molar refractivity (Wildman–Crippen MR) is 79.7 cm³/mol. The zero-order valence-corrected chi connectivity index (χ0v) is 12.2. The van der Waals surface area contributed by atoms with Crippen molar-refractivity contribution in [1.82, 2.24) is 9.97 Å². The number of hydrogen-bond donors (Lipinski definition) is 3. The van der Waals surface area contributed by atoms with Crippen LogP contribution in [0.25, 0.3) is 0 Å². The Morgan fingerprint density at radius 1 is 1.11 bits per heavy atom. The Morgan fingerprint density at radius 2 is 1.79 bits per heavy atom. The van der Waals surface area contributed by atoms with Crippen molar-refractivity contribution in [2.24, 2.45) is 0 Å². The van der Waals surface area contributed by atoms with E-state index < -0.39 is 0 Å². The second kappa shape index (κ2) is 8.69. The third-order valence-corrected chi connectivity index (χ3v) is 2.93. The van der Waals surface area contributed by atoms with Crippen molar-refractivity contribution < 1.29 is 5.11 Å². The normalized spacial score (nSPS) is 10.8. The lowest BCUT2D eigenvalue weighted by molar-refractivity contribution is 0.283. The second-order valence-electron chi connectivity index (χ2n) is 4.88. The van der Waals surface area contributed by atoms with E-state index in [1.165, 1.54) is 0 Å². The molecule has 0 amide bonds. The highest BCUT2D eigenvalue weighted by Gasteiger charge is 2.13. The molecule has 5 nitrogen and oxygen atoms in total. The summed E-state index contributed by atoms with van der Waals surface area (Å²) in [7, 11) is 0. The molecule has 0 radical (unpaired) electrons. The van der Waals surface area contributed by atoms with E-state index in [9.17, 15) is 0 Å². The molecule has 0 aliphatic rings. The molecule has 108 valence electrons. The summed E-state index contributed by atoms with van der Waals surface area (Å²) < 4.78 is 0. The summed E-state index contributed by atoms with van der Waals surface area (Å²) in [5, 5.41) is 15.4. The van der Waals surface area contributed by atoms with Crippen LogP contribution in [-0.2, 0) is 0 Å². The van der Waals surface area contributed by atoms with Crippen LogP contribution in [0.1, 0.15) is 51.5 Å². The zero-order valence-electron chi connectivity index (χ0n) is 12.2. The van der Waals surface area contributed by atoms with E-state index >= 15 is 0 Å². The first-order valence-electron chi connectivity index (χ1n) is 7.14. The van der Waals surface area contributed by atoms with Gasteiger partial charge < -0.3 is 15.7 Å². The van der Waals surface area contributed by atoms with Gasteiger partial charge in [-0.2, -0.15) is 0 Å². The van der Waals surface area contributed by atoms with Gasteiger partial charge in [-0.25, -0.2) is 9.97 Å². The Kier molecular flexibility index (Phi) is 7.18. The molecule has 0 aliphatic carbocycles. The van der Waals surface area contributed by atoms with Crippen molar-refractivity contribution in [3.8, 4) is 0 Å². The van der Waals surface area contributed by atoms with Gasteiger partial charge >= 0.3 is 0 Å². The van der Waals surface area contributed by atoms with Crippen molar-refractivity contribution in [2.75, 3.05) is 30.3 Å². The van der Waals surface area contributed by atoms with Crippen LogP contribution in [0.2, 0.25) is 0 Å². The summed E-state index contributed by atoms with van der Waals surface area (Å²) >= 11 is 0. The van der Waals surface area contributed by atoms with Crippen LogP contribution in [0.5, 0.6) is 0 Å². The van der Waals surface area contributed by atoms with Crippen LogP contribution in [0.15, 0.2) is 6.33 Å². The Morgan fingerprint density at radius 3 is 2.37 bits per heavy atom. The molecule has 0 aliphatic heterocycles. The fraction of sp³-hybridized carbons (Fsp3) is 0.714. The molecule has 0 spiro atoms. The number of hydrogen-bond acceptors (Lipinski definition) is 5. The fourth-order valence-electron chi connectivity index (χ4n) is 2.01. The molecule has 1 heterocycles. The van der Waals surface area contributed by atoms with Gasteiger partial charge in [-0.15, -0.1) is 0 Å². The van der Waals surface area contributed by atoms with E-state index in [-0.39, 0.29) is 6.61 Å². The van der Waals surface area contributed by atoms with Gasteiger partial charge in [0.15, 0.2) is 0 Å². The Labute approximate surface area is 115 Å². The maximum Gasteiger partial charge on any atom is 0.134 e. The zero-order chi connectivity index (χ0) is 14.1. The third kappa shape index (κ3) is 5.03. The van der Waals surface area contributed by atoms with Crippen LogP contribution in [0, 0.1) is 0 Å². The minimum Gasteiger partial charge on any atom is -0.396 e. The summed E-state index contributed by atoms with van der Waals surface area (Å²) in [6, 6.07) is 0. The standard InChI is InChI=1S/C14H26N4O/c1-4-15-13-12(11(2)3)14(18-10-17-13)16-8-6-5-7-9-19/h10-11,19H,4-9H2,1-3H3,(H2,15,16,17,18). The second-order valence-corrected chi connectivity index (χ2v) is 4.88. The first kappa shape index (κ1) is 15.7. The predicted octanol–water partition coefficient (Wildman–Crippen LogP) is 2.61. The average molecular weight is 266 g/mol. The monoisotopic (exact) mass is 266 g/mol. The highest BCUT2D eigenvalue weighted by atomic mass is 16.2. The summed E-state index contributed by atoms with van der Waals surface area (Å²) in [5.41, 5.74) is 1.14. The molecule has 1 rings (SSSR count). The van der Waals surface area contributed by atoms with Crippen molar-refractivity contribution >= 4 is 11.6 Å². The Bertz CT molecular complexity index is 368. The van der Waals surface area contributed by atoms with Gasteiger partial charge in [0.1, 0.15) is 18.0 Å². The average Bonchev–Trinajstić information content (AvgIpc) is 2.38. The van der Waals surface area contributed by atoms with E-state index in [0.29, 0.717) is 5.92 Å². The van der Waals surface area contributed by atoms with Gasteiger partial charge in [0.05, 0.1) is 0 Å². The molecule has 0 atom stereocenters. The number of unbranched alkanes of at least 4 members (excludes halogenated alkanes) is 2. The molecule has 1 aromatic rings. The maximum atomic E-state index is 8.75. The van der Waals surface area contributed by atoms with E-state index in [2.05, 4.69) is 41.4 Å². The van der Waals surface area contributed by atoms with E-state index in [1.807, 2.05) is 0 Å². The number of aliphatic hydroxyl groups is 1. The SMILES string of the molecule is CCNc1ncnc(NCCCCCO)c1C(C)C. The van der Waals surface area contributed by atoms with Gasteiger partial charge in [-0.3, -0.25) is 0 Å². The molecular weight excluding hydrogens is 240 g/mol. The number of aromatic nitrogens is 2. The highest BCUT2D eigenvalue weighted by Crippen LogP contribution is 2.28. The lowest BCUT2D eigenvalue weighted by atomic mass is 10.0. The summed E-state index contributed by atoms with van der Waals surface area (Å²) in [5.74, 6) is 2.21. The van der Waals surface area contributed by atoms with Crippen LogP contribution in [0.3, 0.4) is 0 Å².